The number of anilines is 3. The van der Waals surface area contributed by atoms with Crippen LogP contribution in [-0.2, 0) is 0 Å². The van der Waals surface area contributed by atoms with Crippen LogP contribution in [0.15, 0.2) is 60.7 Å². The molecule has 1 N–H and O–H groups in total. The Balaban J connectivity index is 1.36. The predicted molar refractivity (Wildman–Crippen MR) is 112 cm³/mol. The maximum atomic E-state index is 14.0. The Morgan fingerprint density at radius 2 is 1.59 bits per heavy atom. The highest BCUT2D eigenvalue weighted by atomic mass is 19.1. The quantitative estimate of drug-likeness (QED) is 0.738. The van der Waals surface area contributed by atoms with E-state index in [9.17, 15) is 9.18 Å². The summed E-state index contributed by atoms with van der Waals surface area (Å²) in [6, 6.07) is 17.9. The molecule has 1 fully saturated rings. The minimum atomic E-state index is -0.294. The highest BCUT2D eigenvalue weighted by Crippen LogP contribution is 2.22. The zero-order chi connectivity index (χ0) is 20.2. The molecular weight excluding hydrogens is 369 g/mol. The largest absolute Gasteiger partial charge is 0.366 e. The van der Waals surface area contributed by atoms with Crippen LogP contribution in [0.2, 0.25) is 0 Å². The maximum Gasteiger partial charge on any atom is 0.276 e. The Bertz CT molecular complexity index is 983. The number of carbonyl (C=O) groups excluding carboxylic acids is 1. The fourth-order valence-electron chi connectivity index (χ4n) is 3.33. The predicted octanol–water partition coefficient (Wildman–Crippen LogP) is 3.50. The number of hydrogen-bond acceptors (Lipinski definition) is 5. The average molecular weight is 391 g/mol. The van der Waals surface area contributed by atoms with Crippen LogP contribution in [0.4, 0.5) is 21.6 Å². The summed E-state index contributed by atoms with van der Waals surface area (Å²) in [5, 5.41) is 11.1. The number of nitrogens with zero attached hydrogens (tertiary/aromatic N) is 4. The van der Waals surface area contributed by atoms with Crippen LogP contribution in [-0.4, -0.2) is 42.3 Å². The second kappa shape index (κ2) is 8.26. The van der Waals surface area contributed by atoms with Crippen molar-refractivity contribution in [3.05, 3.63) is 77.7 Å². The molecule has 1 saturated heterocycles. The van der Waals surface area contributed by atoms with Crippen molar-refractivity contribution in [3.8, 4) is 0 Å². The standard InChI is InChI=1S/C22H22FN5O/c1-16-6-8-17(9-7-16)24-22(29)19-10-11-21(26-25-19)28-14-12-27(13-15-28)20-5-3-2-4-18(20)23/h2-11H,12-15H2,1H3,(H,24,29). The van der Waals surface area contributed by atoms with Gasteiger partial charge in [-0.1, -0.05) is 29.8 Å². The molecular formula is C22H22FN5O. The summed E-state index contributed by atoms with van der Waals surface area (Å²) in [5.41, 5.74) is 2.73. The van der Waals surface area contributed by atoms with Crippen LogP contribution in [0.5, 0.6) is 0 Å². The summed E-state index contributed by atoms with van der Waals surface area (Å²) in [5.74, 6) is 0.215. The second-order valence-corrected chi connectivity index (χ2v) is 7.02. The maximum absolute atomic E-state index is 14.0. The van der Waals surface area contributed by atoms with Gasteiger partial charge in [-0.15, -0.1) is 10.2 Å². The number of halogens is 1. The number of aromatic nitrogens is 2. The number of aryl methyl sites for hydroxylation is 1. The Morgan fingerprint density at radius 3 is 2.24 bits per heavy atom. The van der Waals surface area contributed by atoms with E-state index in [1.807, 2.05) is 42.2 Å². The molecule has 1 aromatic heterocycles. The minimum absolute atomic E-state index is 0.204. The lowest BCUT2D eigenvalue weighted by Crippen LogP contribution is -2.47. The fourth-order valence-corrected chi connectivity index (χ4v) is 3.33. The monoisotopic (exact) mass is 391 g/mol. The van der Waals surface area contributed by atoms with Gasteiger partial charge in [-0.25, -0.2) is 4.39 Å². The van der Waals surface area contributed by atoms with E-state index in [1.165, 1.54) is 6.07 Å². The van der Waals surface area contributed by atoms with E-state index in [1.54, 1.807) is 24.3 Å². The molecule has 0 bridgehead atoms. The molecule has 7 heteroatoms. The number of nitrogens with one attached hydrogen (secondary N) is 1. The normalized spacial score (nSPS) is 14.0. The van der Waals surface area contributed by atoms with Gasteiger partial charge in [-0.3, -0.25) is 4.79 Å². The topological polar surface area (TPSA) is 61.4 Å². The first-order chi connectivity index (χ1) is 14.1. The highest BCUT2D eigenvalue weighted by molar-refractivity contribution is 6.02. The summed E-state index contributed by atoms with van der Waals surface area (Å²) in [6.45, 7) is 4.79. The van der Waals surface area contributed by atoms with Gasteiger partial charge in [-0.05, 0) is 43.3 Å². The summed E-state index contributed by atoms with van der Waals surface area (Å²) in [6.07, 6.45) is 0. The van der Waals surface area contributed by atoms with E-state index in [-0.39, 0.29) is 17.4 Å². The van der Waals surface area contributed by atoms with Crippen molar-refractivity contribution in [3.63, 3.8) is 0 Å². The molecule has 0 aliphatic carbocycles. The molecule has 0 unspecified atom stereocenters. The van der Waals surface area contributed by atoms with E-state index in [0.29, 0.717) is 37.7 Å². The number of rotatable bonds is 4. The van der Waals surface area contributed by atoms with Crippen molar-refractivity contribution in [2.45, 2.75) is 6.92 Å². The van der Waals surface area contributed by atoms with E-state index >= 15 is 0 Å². The first kappa shape index (κ1) is 18.9. The molecule has 0 atom stereocenters. The van der Waals surface area contributed by atoms with Gasteiger partial charge in [0.1, 0.15) is 5.82 Å². The highest BCUT2D eigenvalue weighted by Gasteiger charge is 2.21. The van der Waals surface area contributed by atoms with Gasteiger partial charge in [0, 0.05) is 31.9 Å². The van der Waals surface area contributed by atoms with Gasteiger partial charge < -0.3 is 15.1 Å². The summed E-state index contributed by atoms with van der Waals surface area (Å²) < 4.78 is 14.0. The molecule has 6 nitrogen and oxygen atoms in total. The first-order valence-electron chi connectivity index (χ1n) is 9.56. The Kier molecular flexibility index (Phi) is 5.37. The third-order valence-corrected chi connectivity index (χ3v) is 4.99. The Labute approximate surface area is 169 Å². The fraction of sp³-hybridized carbons (Fsp3) is 0.227. The molecule has 0 saturated carbocycles. The lowest BCUT2D eigenvalue weighted by molar-refractivity contribution is 0.102. The zero-order valence-electron chi connectivity index (χ0n) is 16.2. The smallest absolute Gasteiger partial charge is 0.276 e. The van der Waals surface area contributed by atoms with E-state index < -0.39 is 0 Å². The minimum Gasteiger partial charge on any atom is -0.366 e. The van der Waals surface area contributed by atoms with Crippen molar-refractivity contribution in [1.29, 1.82) is 0 Å². The molecule has 2 aromatic carbocycles. The van der Waals surface area contributed by atoms with Crippen LogP contribution in [0.1, 0.15) is 16.1 Å². The van der Waals surface area contributed by atoms with Crippen LogP contribution < -0.4 is 15.1 Å². The van der Waals surface area contributed by atoms with Crippen molar-refractivity contribution >= 4 is 23.1 Å². The molecule has 148 valence electrons. The number of amides is 1. The van der Waals surface area contributed by atoms with Crippen molar-refractivity contribution in [2.75, 3.05) is 41.3 Å². The molecule has 1 amide bonds. The lowest BCUT2D eigenvalue weighted by Gasteiger charge is -2.36. The molecule has 4 rings (SSSR count). The van der Waals surface area contributed by atoms with Crippen LogP contribution >= 0.6 is 0 Å². The first-order valence-corrected chi connectivity index (χ1v) is 9.56. The summed E-state index contributed by atoms with van der Waals surface area (Å²) in [4.78, 5) is 16.5. The molecule has 2 heterocycles. The zero-order valence-corrected chi connectivity index (χ0v) is 16.2. The number of piperazine rings is 1. The summed E-state index contributed by atoms with van der Waals surface area (Å²) in [7, 11) is 0. The van der Waals surface area contributed by atoms with Crippen molar-refractivity contribution < 1.29 is 9.18 Å². The van der Waals surface area contributed by atoms with Gasteiger partial charge in [0.2, 0.25) is 0 Å². The van der Waals surface area contributed by atoms with Gasteiger partial charge in [0.05, 0.1) is 5.69 Å². The molecule has 29 heavy (non-hydrogen) atoms. The molecule has 3 aromatic rings. The van der Waals surface area contributed by atoms with E-state index in [4.69, 9.17) is 0 Å². The Hall–Kier alpha value is -3.48. The van der Waals surface area contributed by atoms with Gasteiger partial charge >= 0.3 is 0 Å². The third kappa shape index (κ3) is 4.34. The van der Waals surface area contributed by atoms with Gasteiger partial charge in [0.25, 0.3) is 5.91 Å². The van der Waals surface area contributed by atoms with Crippen LogP contribution in [0.25, 0.3) is 0 Å². The third-order valence-electron chi connectivity index (χ3n) is 4.99. The van der Waals surface area contributed by atoms with Gasteiger partial charge in [-0.2, -0.15) is 0 Å². The number of hydrogen-bond donors (Lipinski definition) is 1. The lowest BCUT2D eigenvalue weighted by atomic mass is 10.2. The summed E-state index contributed by atoms with van der Waals surface area (Å²) >= 11 is 0. The average Bonchev–Trinajstić information content (AvgIpc) is 2.76. The molecule has 0 spiro atoms. The second-order valence-electron chi connectivity index (χ2n) is 7.02. The van der Waals surface area contributed by atoms with Gasteiger partial charge in [0.15, 0.2) is 11.5 Å². The Morgan fingerprint density at radius 1 is 0.897 bits per heavy atom. The molecule has 1 aliphatic rings. The molecule has 1 aliphatic heterocycles. The van der Waals surface area contributed by atoms with E-state index in [2.05, 4.69) is 20.4 Å². The number of para-hydroxylation sites is 1. The van der Waals surface area contributed by atoms with Crippen LogP contribution in [0, 0.1) is 12.7 Å². The number of benzene rings is 2. The number of carbonyl (C=O) groups is 1. The molecule has 0 radical (unpaired) electrons. The van der Waals surface area contributed by atoms with Crippen molar-refractivity contribution in [1.82, 2.24) is 10.2 Å². The SMILES string of the molecule is Cc1ccc(NC(=O)c2ccc(N3CCN(c4ccccc4F)CC3)nn2)cc1. The van der Waals surface area contributed by atoms with Crippen LogP contribution in [0.3, 0.4) is 0 Å². The van der Waals surface area contributed by atoms with Crippen molar-refractivity contribution in [2.24, 2.45) is 0 Å². The van der Waals surface area contributed by atoms with E-state index in [0.717, 1.165) is 11.3 Å².